The van der Waals surface area contributed by atoms with Crippen molar-refractivity contribution in [1.29, 1.82) is 0 Å². The molecule has 0 unspecified atom stereocenters. The van der Waals surface area contributed by atoms with E-state index in [9.17, 15) is 13.6 Å². The van der Waals surface area contributed by atoms with Gasteiger partial charge < -0.3 is 9.84 Å². The number of carboxylic acids is 1. The van der Waals surface area contributed by atoms with Crippen LogP contribution in [0.3, 0.4) is 0 Å². The molecule has 0 saturated heterocycles. The first-order valence-corrected chi connectivity index (χ1v) is 4.97. The van der Waals surface area contributed by atoms with E-state index in [1.807, 2.05) is 0 Å². The molecule has 0 bridgehead atoms. The first-order chi connectivity index (χ1) is 7.47. The Morgan fingerprint density at radius 3 is 2.75 bits per heavy atom. The van der Waals surface area contributed by atoms with Gasteiger partial charge in [0.25, 0.3) is 6.43 Å². The monoisotopic (exact) mass is 295 g/mol. The molecule has 1 aromatic heterocycles. The van der Waals surface area contributed by atoms with Crippen LogP contribution in [0.4, 0.5) is 8.78 Å². The highest BCUT2D eigenvalue weighted by molar-refractivity contribution is 9.10. The highest BCUT2D eigenvalue weighted by atomic mass is 79.9. The van der Waals surface area contributed by atoms with Gasteiger partial charge in [0.05, 0.1) is 13.5 Å². The minimum absolute atomic E-state index is 0.153. The van der Waals surface area contributed by atoms with Gasteiger partial charge in [-0.15, -0.1) is 0 Å². The second-order valence-electron chi connectivity index (χ2n) is 2.87. The van der Waals surface area contributed by atoms with Crippen molar-refractivity contribution < 1.29 is 23.4 Å². The molecule has 16 heavy (non-hydrogen) atoms. The predicted octanol–water partition coefficient (Wildman–Crippen LogP) is 2.42. The summed E-state index contributed by atoms with van der Waals surface area (Å²) >= 11 is 3.05. The summed E-state index contributed by atoms with van der Waals surface area (Å²) in [5.74, 6) is -1.32. The molecule has 1 rings (SSSR count). The van der Waals surface area contributed by atoms with E-state index in [1.165, 1.54) is 7.11 Å². The van der Waals surface area contributed by atoms with Gasteiger partial charge in [-0.1, -0.05) is 0 Å². The van der Waals surface area contributed by atoms with Gasteiger partial charge >= 0.3 is 5.97 Å². The molecular formula is C9H8BrF2NO3. The van der Waals surface area contributed by atoms with Crippen LogP contribution in [0.25, 0.3) is 0 Å². The number of hydrogen-bond acceptors (Lipinski definition) is 3. The standard InChI is InChI=1S/C9H8BrF2NO3/c1-16-8-4(2-6(14)15)5(10)3-13-7(8)9(11)12/h3,9H,2H2,1H3,(H,14,15). The lowest BCUT2D eigenvalue weighted by Gasteiger charge is -2.12. The maximum absolute atomic E-state index is 12.6. The Labute approximate surface area is 98.4 Å². The van der Waals surface area contributed by atoms with Crippen LogP contribution in [-0.2, 0) is 11.2 Å². The van der Waals surface area contributed by atoms with E-state index in [0.717, 1.165) is 6.20 Å². The van der Waals surface area contributed by atoms with Gasteiger partial charge in [0, 0.05) is 16.2 Å². The molecule has 0 aliphatic rings. The van der Waals surface area contributed by atoms with E-state index in [-0.39, 0.29) is 11.3 Å². The Morgan fingerprint density at radius 1 is 1.69 bits per heavy atom. The van der Waals surface area contributed by atoms with Crippen LogP contribution in [0.5, 0.6) is 5.75 Å². The molecular weight excluding hydrogens is 288 g/mol. The molecule has 0 aliphatic heterocycles. The van der Waals surface area contributed by atoms with Crippen LogP contribution >= 0.6 is 15.9 Å². The Balaban J connectivity index is 3.32. The summed E-state index contributed by atoms with van der Waals surface area (Å²) in [6.07, 6.45) is -2.08. The Bertz CT molecular complexity index is 412. The highest BCUT2D eigenvalue weighted by Crippen LogP contribution is 2.34. The molecule has 0 atom stereocenters. The molecule has 0 fully saturated rings. The highest BCUT2D eigenvalue weighted by Gasteiger charge is 2.22. The van der Waals surface area contributed by atoms with Crippen LogP contribution in [-0.4, -0.2) is 23.2 Å². The normalized spacial score (nSPS) is 10.6. The average molecular weight is 296 g/mol. The lowest BCUT2D eigenvalue weighted by Crippen LogP contribution is -2.07. The topological polar surface area (TPSA) is 59.4 Å². The number of aromatic nitrogens is 1. The quantitative estimate of drug-likeness (QED) is 0.927. The van der Waals surface area contributed by atoms with Gasteiger partial charge in [-0.25, -0.2) is 8.78 Å². The average Bonchev–Trinajstić information content (AvgIpc) is 2.19. The number of alkyl halides is 2. The first-order valence-electron chi connectivity index (χ1n) is 4.18. The van der Waals surface area contributed by atoms with Crippen molar-refractivity contribution in [1.82, 2.24) is 4.98 Å². The van der Waals surface area contributed by atoms with Crippen molar-refractivity contribution >= 4 is 21.9 Å². The van der Waals surface area contributed by atoms with Crippen molar-refractivity contribution in [2.75, 3.05) is 7.11 Å². The van der Waals surface area contributed by atoms with Crippen LogP contribution in [0.1, 0.15) is 17.7 Å². The second kappa shape index (κ2) is 5.20. The van der Waals surface area contributed by atoms with E-state index in [1.54, 1.807) is 0 Å². The van der Waals surface area contributed by atoms with Crippen LogP contribution in [0.15, 0.2) is 10.7 Å². The van der Waals surface area contributed by atoms with Gasteiger partial charge in [0.1, 0.15) is 5.69 Å². The smallest absolute Gasteiger partial charge is 0.308 e. The van der Waals surface area contributed by atoms with Gasteiger partial charge in [0.15, 0.2) is 5.75 Å². The molecule has 0 radical (unpaired) electrons. The summed E-state index contributed by atoms with van der Waals surface area (Å²) in [5, 5.41) is 8.66. The van der Waals surface area contributed by atoms with E-state index >= 15 is 0 Å². The number of carboxylic acid groups (broad SMARTS) is 1. The minimum Gasteiger partial charge on any atom is -0.494 e. The van der Waals surface area contributed by atoms with Gasteiger partial charge in [-0.05, 0) is 15.9 Å². The van der Waals surface area contributed by atoms with Crippen molar-refractivity contribution in [3.05, 3.63) is 21.9 Å². The van der Waals surface area contributed by atoms with Gasteiger partial charge in [-0.3, -0.25) is 9.78 Å². The van der Waals surface area contributed by atoms with Crippen molar-refractivity contribution in [2.45, 2.75) is 12.8 Å². The molecule has 1 heterocycles. The summed E-state index contributed by atoms with van der Waals surface area (Å²) in [7, 11) is 1.20. The zero-order valence-electron chi connectivity index (χ0n) is 8.21. The van der Waals surface area contributed by atoms with E-state index < -0.39 is 24.5 Å². The number of carbonyl (C=O) groups is 1. The predicted molar refractivity (Wildman–Crippen MR) is 54.8 cm³/mol. The molecule has 0 aliphatic carbocycles. The molecule has 0 aromatic carbocycles. The number of hydrogen-bond donors (Lipinski definition) is 1. The number of rotatable bonds is 4. The van der Waals surface area contributed by atoms with E-state index in [4.69, 9.17) is 9.84 Å². The molecule has 7 heteroatoms. The Morgan fingerprint density at radius 2 is 2.31 bits per heavy atom. The van der Waals surface area contributed by atoms with Crippen molar-refractivity contribution in [3.63, 3.8) is 0 Å². The molecule has 88 valence electrons. The number of pyridine rings is 1. The number of methoxy groups -OCH3 is 1. The number of halogens is 3. The second-order valence-corrected chi connectivity index (χ2v) is 3.73. The summed E-state index contributed by atoms with van der Waals surface area (Å²) in [6.45, 7) is 0. The number of ether oxygens (including phenoxy) is 1. The SMILES string of the molecule is COc1c(C(F)F)ncc(Br)c1CC(=O)O. The molecule has 0 spiro atoms. The summed E-state index contributed by atoms with van der Waals surface area (Å²) in [5.41, 5.74) is -0.401. The third-order valence-corrected chi connectivity index (χ3v) is 2.53. The van der Waals surface area contributed by atoms with E-state index in [0.29, 0.717) is 4.47 Å². The molecule has 4 nitrogen and oxygen atoms in total. The van der Waals surface area contributed by atoms with Gasteiger partial charge in [0.2, 0.25) is 0 Å². The lowest BCUT2D eigenvalue weighted by molar-refractivity contribution is -0.136. The maximum atomic E-state index is 12.6. The van der Waals surface area contributed by atoms with Crippen molar-refractivity contribution in [3.8, 4) is 5.75 Å². The fourth-order valence-corrected chi connectivity index (χ4v) is 1.65. The Kier molecular flexibility index (Phi) is 4.17. The summed E-state index contributed by atoms with van der Waals surface area (Å²) in [4.78, 5) is 14.1. The zero-order valence-corrected chi connectivity index (χ0v) is 9.79. The fraction of sp³-hybridized carbons (Fsp3) is 0.333. The van der Waals surface area contributed by atoms with Gasteiger partial charge in [-0.2, -0.15) is 0 Å². The molecule has 1 N–H and O–H groups in total. The third-order valence-electron chi connectivity index (χ3n) is 1.85. The maximum Gasteiger partial charge on any atom is 0.308 e. The molecule has 0 amide bonds. The zero-order chi connectivity index (χ0) is 12.3. The minimum atomic E-state index is -2.81. The van der Waals surface area contributed by atoms with Crippen LogP contribution < -0.4 is 4.74 Å². The lowest BCUT2D eigenvalue weighted by atomic mass is 10.1. The van der Waals surface area contributed by atoms with Crippen molar-refractivity contribution in [2.24, 2.45) is 0 Å². The number of aliphatic carboxylic acids is 1. The Hall–Kier alpha value is -1.24. The van der Waals surface area contributed by atoms with Crippen LogP contribution in [0, 0.1) is 0 Å². The van der Waals surface area contributed by atoms with Crippen LogP contribution in [0.2, 0.25) is 0 Å². The fourth-order valence-electron chi connectivity index (χ4n) is 1.22. The number of nitrogens with zero attached hydrogens (tertiary/aromatic N) is 1. The summed E-state index contributed by atoms with van der Waals surface area (Å²) in [6, 6.07) is 0. The first kappa shape index (κ1) is 12.8. The molecule has 0 saturated carbocycles. The third kappa shape index (κ3) is 2.66. The molecule has 1 aromatic rings. The largest absolute Gasteiger partial charge is 0.494 e. The van der Waals surface area contributed by atoms with E-state index in [2.05, 4.69) is 20.9 Å². The summed E-state index contributed by atoms with van der Waals surface area (Å²) < 4.78 is 30.2.